The zero-order chi connectivity index (χ0) is 17.6. The molecule has 1 aromatic rings. The SMILES string of the molecule is CCOc1cc(C(CN2CCOCC2)N2CCNCC2C)ccc1O. The minimum atomic E-state index is 0.212. The Balaban J connectivity index is 1.85. The standard InChI is InChI=1S/C19H31N3O3/c1-3-25-19-12-16(4-5-18(19)23)17(14-21-8-10-24-11-9-21)22-7-6-20-13-15(22)2/h4-5,12,15,17,20,23H,3,6-11,13-14H2,1-2H3. The lowest BCUT2D eigenvalue weighted by atomic mass is 10.0. The van der Waals surface area contributed by atoms with Crippen molar-refractivity contribution < 1.29 is 14.6 Å². The van der Waals surface area contributed by atoms with Gasteiger partial charge in [0.2, 0.25) is 0 Å². The third-order valence-corrected chi connectivity index (χ3v) is 5.16. The maximum absolute atomic E-state index is 10.1. The van der Waals surface area contributed by atoms with Crippen LogP contribution in [0.5, 0.6) is 11.5 Å². The predicted molar refractivity (Wildman–Crippen MR) is 98.3 cm³/mol. The van der Waals surface area contributed by atoms with Gasteiger partial charge in [-0.1, -0.05) is 6.07 Å². The van der Waals surface area contributed by atoms with Crippen molar-refractivity contribution in [3.8, 4) is 11.5 Å². The monoisotopic (exact) mass is 349 g/mol. The average molecular weight is 349 g/mol. The van der Waals surface area contributed by atoms with Gasteiger partial charge >= 0.3 is 0 Å². The van der Waals surface area contributed by atoms with Crippen LogP contribution in [-0.4, -0.2) is 80.0 Å². The number of rotatable bonds is 6. The number of aromatic hydroxyl groups is 1. The van der Waals surface area contributed by atoms with E-state index in [1.54, 1.807) is 6.07 Å². The van der Waals surface area contributed by atoms with Crippen LogP contribution in [0.1, 0.15) is 25.5 Å². The van der Waals surface area contributed by atoms with E-state index < -0.39 is 0 Å². The largest absolute Gasteiger partial charge is 0.504 e. The molecule has 2 aliphatic rings. The molecule has 1 aromatic carbocycles. The molecule has 6 nitrogen and oxygen atoms in total. The number of morpholine rings is 1. The number of phenolic OH excluding ortho intramolecular Hbond substituents is 1. The van der Waals surface area contributed by atoms with Gasteiger partial charge in [0, 0.05) is 51.4 Å². The normalized spacial score (nSPS) is 24.2. The summed E-state index contributed by atoms with van der Waals surface area (Å²) in [6.45, 7) is 12.4. The maximum Gasteiger partial charge on any atom is 0.161 e. The molecule has 3 rings (SSSR count). The topological polar surface area (TPSA) is 57.2 Å². The van der Waals surface area contributed by atoms with Gasteiger partial charge in [0.05, 0.1) is 19.8 Å². The third kappa shape index (κ3) is 4.64. The molecule has 0 aromatic heterocycles. The summed E-state index contributed by atoms with van der Waals surface area (Å²) in [6.07, 6.45) is 0. The van der Waals surface area contributed by atoms with Gasteiger partial charge in [-0.05, 0) is 31.5 Å². The third-order valence-electron chi connectivity index (χ3n) is 5.16. The Hall–Kier alpha value is -1.34. The second-order valence-electron chi connectivity index (χ2n) is 6.88. The van der Waals surface area contributed by atoms with Crippen molar-refractivity contribution in [1.29, 1.82) is 0 Å². The highest BCUT2D eigenvalue weighted by molar-refractivity contribution is 5.43. The van der Waals surface area contributed by atoms with Gasteiger partial charge in [-0.3, -0.25) is 9.80 Å². The molecule has 0 bridgehead atoms. The van der Waals surface area contributed by atoms with E-state index in [0.717, 1.165) is 52.5 Å². The summed E-state index contributed by atoms with van der Waals surface area (Å²) in [5.41, 5.74) is 1.21. The molecule has 0 aliphatic carbocycles. The average Bonchev–Trinajstić information content (AvgIpc) is 2.63. The van der Waals surface area contributed by atoms with Crippen LogP contribution in [-0.2, 0) is 4.74 Å². The highest BCUT2D eigenvalue weighted by Crippen LogP contribution is 2.33. The highest BCUT2D eigenvalue weighted by atomic mass is 16.5. The molecule has 2 N–H and O–H groups in total. The number of nitrogens with one attached hydrogen (secondary N) is 1. The number of nitrogens with zero attached hydrogens (tertiary/aromatic N) is 2. The molecule has 0 spiro atoms. The van der Waals surface area contributed by atoms with E-state index in [1.807, 2.05) is 19.1 Å². The Labute approximate surface area is 150 Å². The Morgan fingerprint density at radius 1 is 1.32 bits per heavy atom. The number of hydrogen-bond donors (Lipinski definition) is 2. The molecule has 6 heteroatoms. The molecular formula is C19H31N3O3. The Morgan fingerprint density at radius 3 is 2.84 bits per heavy atom. The van der Waals surface area contributed by atoms with Crippen LogP contribution in [0.25, 0.3) is 0 Å². The van der Waals surface area contributed by atoms with E-state index in [2.05, 4.69) is 22.0 Å². The Kier molecular flexibility index (Phi) is 6.53. The number of phenols is 1. The fraction of sp³-hybridized carbons (Fsp3) is 0.684. The summed E-state index contributed by atoms with van der Waals surface area (Å²) < 4.78 is 11.1. The van der Waals surface area contributed by atoms with Gasteiger partial charge < -0.3 is 19.9 Å². The van der Waals surface area contributed by atoms with Gasteiger partial charge in [0.1, 0.15) is 0 Å². The summed E-state index contributed by atoms with van der Waals surface area (Å²) in [5, 5.41) is 13.5. The minimum Gasteiger partial charge on any atom is -0.504 e. The molecule has 0 saturated carbocycles. The molecule has 2 heterocycles. The number of benzene rings is 1. The highest BCUT2D eigenvalue weighted by Gasteiger charge is 2.29. The zero-order valence-corrected chi connectivity index (χ0v) is 15.4. The first kappa shape index (κ1) is 18.5. The van der Waals surface area contributed by atoms with E-state index >= 15 is 0 Å². The van der Waals surface area contributed by atoms with Gasteiger partial charge in [0.25, 0.3) is 0 Å². The predicted octanol–water partition coefficient (Wildman–Crippen LogP) is 1.46. The first-order valence-electron chi connectivity index (χ1n) is 9.41. The molecule has 2 fully saturated rings. The van der Waals surface area contributed by atoms with Crippen LogP contribution >= 0.6 is 0 Å². The molecule has 0 amide bonds. The molecule has 2 atom stereocenters. The lowest BCUT2D eigenvalue weighted by molar-refractivity contribution is 0.0137. The quantitative estimate of drug-likeness (QED) is 0.811. The Morgan fingerprint density at radius 2 is 2.12 bits per heavy atom. The van der Waals surface area contributed by atoms with Crippen LogP contribution in [0, 0.1) is 0 Å². The van der Waals surface area contributed by atoms with Crippen molar-refractivity contribution in [1.82, 2.24) is 15.1 Å². The summed E-state index contributed by atoms with van der Waals surface area (Å²) in [5.74, 6) is 0.791. The second-order valence-corrected chi connectivity index (χ2v) is 6.88. The number of hydrogen-bond acceptors (Lipinski definition) is 6. The molecule has 2 unspecified atom stereocenters. The van der Waals surface area contributed by atoms with E-state index in [-0.39, 0.29) is 11.8 Å². The Bertz CT molecular complexity index is 549. The van der Waals surface area contributed by atoms with Gasteiger partial charge in [-0.2, -0.15) is 0 Å². The molecular weight excluding hydrogens is 318 g/mol. The van der Waals surface area contributed by atoms with Crippen LogP contribution in [0.4, 0.5) is 0 Å². The van der Waals surface area contributed by atoms with Crippen LogP contribution in [0.3, 0.4) is 0 Å². The van der Waals surface area contributed by atoms with Gasteiger partial charge in [-0.15, -0.1) is 0 Å². The van der Waals surface area contributed by atoms with Crippen molar-refractivity contribution in [3.05, 3.63) is 23.8 Å². The summed E-state index contributed by atoms with van der Waals surface area (Å²) >= 11 is 0. The van der Waals surface area contributed by atoms with E-state index in [4.69, 9.17) is 9.47 Å². The molecule has 140 valence electrons. The van der Waals surface area contributed by atoms with Gasteiger partial charge in [0.15, 0.2) is 11.5 Å². The smallest absolute Gasteiger partial charge is 0.161 e. The van der Waals surface area contributed by atoms with Crippen molar-refractivity contribution >= 4 is 0 Å². The summed E-state index contributed by atoms with van der Waals surface area (Å²) in [6, 6.07) is 6.58. The van der Waals surface area contributed by atoms with Crippen molar-refractivity contribution in [3.63, 3.8) is 0 Å². The number of ether oxygens (including phenoxy) is 2. The minimum absolute atomic E-state index is 0.212. The van der Waals surface area contributed by atoms with Crippen molar-refractivity contribution in [2.75, 3.05) is 59.1 Å². The fourth-order valence-electron chi connectivity index (χ4n) is 3.76. The number of piperazine rings is 1. The van der Waals surface area contributed by atoms with E-state index in [0.29, 0.717) is 18.4 Å². The fourth-order valence-corrected chi connectivity index (χ4v) is 3.76. The maximum atomic E-state index is 10.1. The van der Waals surface area contributed by atoms with Crippen molar-refractivity contribution in [2.45, 2.75) is 25.9 Å². The van der Waals surface area contributed by atoms with Crippen LogP contribution in [0.15, 0.2) is 18.2 Å². The van der Waals surface area contributed by atoms with Crippen molar-refractivity contribution in [2.24, 2.45) is 0 Å². The summed E-state index contributed by atoms with van der Waals surface area (Å²) in [4.78, 5) is 5.06. The first-order valence-corrected chi connectivity index (χ1v) is 9.41. The zero-order valence-electron chi connectivity index (χ0n) is 15.4. The van der Waals surface area contributed by atoms with Crippen LogP contribution < -0.4 is 10.1 Å². The van der Waals surface area contributed by atoms with Gasteiger partial charge in [-0.25, -0.2) is 0 Å². The molecule has 2 saturated heterocycles. The summed E-state index contributed by atoms with van der Waals surface area (Å²) in [7, 11) is 0. The van der Waals surface area contributed by atoms with E-state index in [9.17, 15) is 5.11 Å². The van der Waals surface area contributed by atoms with E-state index in [1.165, 1.54) is 5.56 Å². The lowest BCUT2D eigenvalue weighted by Crippen LogP contribution is -2.53. The lowest BCUT2D eigenvalue weighted by Gasteiger charge is -2.42. The second kappa shape index (κ2) is 8.85. The molecule has 25 heavy (non-hydrogen) atoms. The molecule has 0 radical (unpaired) electrons. The molecule has 2 aliphatic heterocycles. The van der Waals surface area contributed by atoms with Crippen LogP contribution in [0.2, 0.25) is 0 Å². The first-order chi connectivity index (χ1) is 12.2.